The minimum Gasteiger partial charge on any atom is -0.465 e. The molecule has 0 rings (SSSR count). The lowest BCUT2D eigenvalue weighted by Gasteiger charge is -2.28. The van der Waals surface area contributed by atoms with Crippen LogP contribution in [0.25, 0.3) is 0 Å². The van der Waals surface area contributed by atoms with Crippen LogP contribution >= 0.6 is 0 Å². The Morgan fingerprint density at radius 2 is 0.971 bits per heavy atom. The predicted octanol–water partition coefficient (Wildman–Crippen LogP) is 9.72. The van der Waals surface area contributed by atoms with Crippen molar-refractivity contribution < 1.29 is 19.1 Å². The van der Waals surface area contributed by atoms with Crippen LogP contribution in [-0.2, 0) is 19.1 Å². The Hall–Kier alpha value is -1.06. The fourth-order valence-corrected chi connectivity index (χ4v) is 4.72. The maximum Gasteiger partial charge on any atom is 0.323 e. The zero-order valence-electron chi connectivity index (χ0n) is 24.3. The molecule has 0 fully saturated rings. The van der Waals surface area contributed by atoms with Crippen molar-refractivity contribution in [3.63, 3.8) is 0 Å². The molecule has 0 aliphatic carbocycles. The summed E-state index contributed by atoms with van der Waals surface area (Å²) in [6.07, 6.45) is 24.3. The van der Waals surface area contributed by atoms with Gasteiger partial charge in [0.1, 0.15) is 0 Å². The van der Waals surface area contributed by atoms with E-state index in [4.69, 9.17) is 9.47 Å². The average molecular weight is 497 g/mol. The highest BCUT2D eigenvalue weighted by Crippen LogP contribution is 2.31. The molecule has 0 bridgehead atoms. The minimum absolute atomic E-state index is 0.157. The molecule has 0 aliphatic heterocycles. The zero-order chi connectivity index (χ0) is 26.2. The van der Waals surface area contributed by atoms with Gasteiger partial charge in [0.15, 0.2) is 5.41 Å². The molecule has 0 aromatic rings. The van der Waals surface area contributed by atoms with Crippen molar-refractivity contribution in [1.82, 2.24) is 0 Å². The van der Waals surface area contributed by atoms with Crippen molar-refractivity contribution in [3.8, 4) is 0 Å². The van der Waals surface area contributed by atoms with E-state index in [1.807, 2.05) is 20.8 Å². The average Bonchev–Trinajstić information content (AvgIpc) is 2.85. The highest BCUT2D eigenvalue weighted by molar-refractivity contribution is 6.00. The Bertz CT molecular complexity index is 498. The Morgan fingerprint density at radius 3 is 1.40 bits per heavy atom. The van der Waals surface area contributed by atoms with Gasteiger partial charge in [0, 0.05) is 0 Å². The number of esters is 2. The smallest absolute Gasteiger partial charge is 0.323 e. The van der Waals surface area contributed by atoms with Crippen molar-refractivity contribution in [2.75, 3.05) is 6.61 Å². The molecule has 4 heteroatoms. The van der Waals surface area contributed by atoms with Gasteiger partial charge in [-0.2, -0.15) is 0 Å². The summed E-state index contributed by atoms with van der Waals surface area (Å²) in [6, 6.07) is 0. The Balaban J connectivity index is 3.98. The van der Waals surface area contributed by atoms with E-state index in [9.17, 15) is 9.59 Å². The van der Waals surface area contributed by atoms with Crippen molar-refractivity contribution in [2.45, 2.75) is 176 Å². The standard InChI is InChI=1S/C31H60O4/c1-6-10-12-14-15-16-17-18-19-20-21-22-23-25-27-34-29(32)31(8-3,9-4)30(33)35-28(5)26-24-13-11-7-2/h28H,6-27H2,1-5H3. The van der Waals surface area contributed by atoms with Gasteiger partial charge in [0.05, 0.1) is 12.7 Å². The fourth-order valence-electron chi connectivity index (χ4n) is 4.72. The van der Waals surface area contributed by atoms with Crippen LogP contribution in [-0.4, -0.2) is 24.6 Å². The molecule has 4 nitrogen and oxygen atoms in total. The van der Waals surface area contributed by atoms with Crippen molar-refractivity contribution in [1.29, 1.82) is 0 Å². The molecule has 0 spiro atoms. The summed E-state index contributed by atoms with van der Waals surface area (Å²) in [5, 5.41) is 0. The molecule has 0 aromatic carbocycles. The van der Waals surface area contributed by atoms with E-state index in [-0.39, 0.29) is 6.10 Å². The van der Waals surface area contributed by atoms with Crippen LogP contribution in [0.1, 0.15) is 169 Å². The lowest BCUT2D eigenvalue weighted by atomic mass is 9.82. The Morgan fingerprint density at radius 1 is 0.571 bits per heavy atom. The van der Waals surface area contributed by atoms with Crippen LogP contribution in [0.3, 0.4) is 0 Å². The summed E-state index contributed by atoms with van der Waals surface area (Å²) >= 11 is 0. The van der Waals surface area contributed by atoms with Crippen LogP contribution in [0.5, 0.6) is 0 Å². The van der Waals surface area contributed by atoms with E-state index in [1.165, 1.54) is 89.9 Å². The second kappa shape index (κ2) is 23.3. The monoisotopic (exact) mass is 496 g/mol. The topological polar surface area (TPSA) is 52.6 Å². The molecule has 0 heterocycles. The van der Waals surface area contributed by atoms with E-state index < -0.39 is 17.4 Å². The first-order chi connectivity index (χ1) is 17.0. The van der Waals surface area contributed by atoms with E-state index in [0.717, 1.165) is 32.1 Å². The molecule has 0 amide bonds. The molecule has 35 heavy (non-hydrogen) atoms. The van der Waals surface area contributed by atoms with Crippen LogP contribution in [0.2, 0.25) is 0 Å². The van der Waals surface area contributed by atoms with E-state index in [0.29, 0.717) is 19.4 Å². The molecule has 208 valence electrons. The van der Waals surface area contributed by atoms with Gasteiger partial charge in [-0.1, -0.05) is 130 Å². The summed E-state index contributed by atoms with van der Waals surface area (Å²) in [5.41, 5.74) is -1.16. The summed E-state index contributed by atoms with van der Waals surface area (Å²) in [7, 11) is 0. The van der Waals surface area contributed by atoms with Crippen LogP contribution in [0, 0.1) is 5.41 Å². The van der Waals surface area contributed by atoms with Gasteiger partial charge < -0.3 is 9.47 Å². The van der Waals surface area contributed by atoms with Crippen LogP contribution in [0.15, 0.2) is 0 Å². The zero-order valence-corrected chi connectivity index (χ0v) is 24.3. The predicted molar refractivity (Wildman–Crippen MR) is 149 cm³/mol. The molecule has 1 unspecified atom stereocenters. The molecular weight excluding hydrogens is 436 g/mol. The molecule has 0 aromatic heterocycles. The number of rotatable bonds is 25. The van der Waals surface area contributed by atoms with Gasteiger partial charge in [-0.15, -0.1) is 0 Å². The first kappa shape index (κ1) is 33.9. The maximum atomic E-state index is 12.9. The quantitative estimate of drug-likeness (QED) is 0.0717. The SMILES string of the molecule is CCCCCCCCCCCCCCCCOC(=O)C(CC)(CC)C(=O)OC(C)CCCCCC. The largest absolute Gasteiger partial charge is 0.465 e. The second-order valence-corrected chi connectivity index (χ2v) is 10.6. The normalized spacial score (nSPS) is 12.5. The first-order valence-electron chi connectivity index (χ1n) is 15.4. The van der Waals surface area contributed by atoms with Gasteiger partial charge in [-0.3, -0.25) is 9.59 Å². The van der Waals surface area contributed by atoms with Gasteiger partial charge >= 0.3 is 11.9 Å². The number of ether oxygens (including phenoxy) is 2. The lowest BCUT2D eigenvalue weighted by Crippen LogP contribution is -2.42. The molecule has 1 atom stereocenters. The number of unbranched alkanes of at least 4 members (excludes halogenated alkanes) is 16. The van der Waals surface area contributed by atoms with E-state index in [2.05, 4.69) is 13.8 Å². The van der Waals surface area contributed by atoms with Crippen molar-refractivity contribution in [3.05, 3.63) is 0 Å². The van der Waals surface area contributed by atoms with E-state index >= 15 is 0 Å². The summed E-state index contributed by atoms with van der Waals surface area (Å²) in [4.78, 5) is 25.8. The van der Waals surface area contributed by atoms with Crippen molar-refractivity contribution in [2.24, 2.45) is 5.41 Å². The summed E-state index contributed by atoms with van der Waals surface area (Å²) in [6.45, 7) is 10.5. The van der Waals surface area contributed by atoms with Crippen LogP contribution < -0.4 is 0 Å². The molecule has 0 N–H and O–H groups in total. The minimum atomic E-state index is -1.16. The number of carbonyl (C=O) groups is 2. The van der Waals surface area contributed by atoms with Gasteiger partial charge in [-0.25, -0.2) is 0 Å². The first-order valence-corrected chi connectivity index (χ1v) is 15.4. The Labute approximate surface area is 218 Å². The molecule has 0 radical (unpaired) electrons. The highest BCUT2D eigenvalue weighted by Gasteiger charge is 2.46. The third kappa shape index (κ3) is 16.3. The third-order valence-electron chi connectivity index (χ3n) is 7.49. The summed E-state index contributed by atoms with van der Waals surface area (Å²) < 4.78 is 11.3. The lowest BCUT2D eigenvalue weighted by molar-refractivity contribution is -0.176. The summed E-state index contributed by atoms with van der Waals surface area (Å²) in [5.74, 6) is -0.808. The maximum absolute atomic E-state index is 12.9. The van der Waals surface area contributed by atoms with Crippen molar-refractivity contribution >= 4 is 11.9 Å². The number of hydrogen-bond donors (Lipinski definition) is 0. The molecule has 0 saturated carbocycles. The number of hydrogen-bond acceptors (Lipinski definition) is 4. The van der Waals surface area contributed by atoms with Gasteiger partial charge in [0.2, 0.25) is 0 Å². The third-order valence-corrected chi connectivity index (χ3v) is 7.49. The van der Waals surface area contributed by atoms with E-state index in [1.54, 1.807) is 0 Å². The highest BCUT2D eigenvalue weighted by atomic mass is 16.6. The van der Waals surface area contributed by atoms with Crippen LogP contribution in [0.4, 0.5) is 0 Å². The molecule has 0 aliphatic rings. The Kier molecular flexibility index (Phi) is 22.6. The number of carbonyl (C=O) groups excluding carboxylic acids is 2. The fraction of sp³-hybridized carbons (Fsp3) is 0.935. The second-order valence-electron chi connectivity index (χ2n) is 10.6. The van der Waals surface area contributed by atoms with Gasteiger partial charge in [-0.05, 0) is 39.0 Å². The molecular formula is C31H60O4. The van der Waals surface area contributed by atoms with Gasteiger partial charge in [0.25, 0.3) is 0 Å². The molecule has 0 saturated heterocycles.